The maximum atomic E-state index is 12.1. The lowest BCUT2D eigenvalue weighted by atomic mass is 10.1. The molecule has 0 aliphatic heterocycles. The van der Waals surface area contributed by atoms with Gasteiger partial charge in [0.1, 0.15) is 0 Å². The van der Waals surface area contributed by atoms with Gasteiger partial charge in [0.25, 0.3) is 0 Å². The average molecular weight is 290 g/mol. The fraction of sp³-hybridized carbons (Fsp3) is 0.429. The maximum Gasteiger partial charge on any atom is 0.230 e. The number of carbonyl (C=O) groups is 1. The van der Waals surface area contributed by atoms with Crippen LogP contribution in [-0.4, -0.2) is 20.9 Å². The first kappa shape index (κ1) is 14.6. The molecule has 2 rings (SSSR count). The summed E-state index contributed by atoms with van der Waals surface area (Å²) in [5, 5.41) is 3.82. The molecule has 20 heavy (non-hydrogen) atoms. The molecular formula is C14H18N4OS. The normalized spacial score (nSPS) is 10.8. The second-order valence-electron chi connectivity index (χ2n) is 4.91. The third kappa shape index (κ3) is 3.39. The van der Waals surface area contributed by atoms with Crippen LogP contribution < -0.4 is 5.32 Å². The number of hydrogen-bond donors (Lipinski definition) is 1. The average Bonchev–Trinajstić information content (AvgIpc) is 2.68. The van der Waals surface area contributed by atoms with Crippen molar-refractivity contribution in [1.29, 1.82) is 0 Å². The summed E-state index contributed by atoms with van der Waals surface area (Å²) in [6.45, 7) is 7.92. The van der Waals surface area contributed by atoms with Crippen molar-refractivity contribution in [1.82, 2.24) is 15.0 Å². The molecule has 2 aromatic rings. The summed E-state index contributed by atoms with van der Waals surface area (Å²) in [6, 6.07) is 0. The van der Waals surface area contributed by atoms with Crippen molar-refractivity contribution in [2.75, 3.05) is 5.32 Å². The molecule has 0 radical (unpaired) electrons. The first-order valence-electron chi connectivity index (χ1n) is 6.51. The Bertz CT molecular complexity index is 621. The van der Waals surface area contributed by atoms with Crippen LogP contribution in [0.1, 0.15) is 41.0 Å². The molecule has 0 aliphatic rings. The zero-order valence-electron chi connectivity index (χ0n) is 12.1. The Labute approximate surface area is 122 Å². The molecule has 0 aromatic carbocycles. The first-order chi connectivity index (χ1) is 9.47. The van der Waals surface area contributed by atoms with E-state index in [1.807, 2.05) is 27.7 Å². The second kappa shape index (κ2) is 6.09. The number of rotatable bonds is 4. The van der Waals surface area contributed by atoms with Gasteiger partial charge in [-0.1, -0.05) is 13.8 Å². The van der Waals surface area contributed by atoms with Gasteiger partial charge < -0.3 is 5.32 Å². The van der Waals surface area contributed by atoms with Crippen LogP contribution in [0.3, 0.4) is 0 Å². The predicted octanol–water partition coefficient (Wildman–Crippen LogP) is 2.85. The highest BCUT2D eigenvalue weighted by Gasteiger charge is 2.14. The van der Waals surface area contributed by atoms with Crippen molar-refractivity contribution in [2.45, 2.75) is 40.0 Å². The summed E-state index contributed by atoms with van der Waals surface area (Å²) >= 11 is 1.56. The Kier molecular flexibility index (Phi) is 4.44. The number of aryl methyl sites for hydroxylation is 2. The van der Waals surface area contributed by atoms with Gasteiger partial charge in [-0.15, -0.1) is 11.3 Å². The van der Waals surface area contributed by atoms with E-state index in [0.29, 0.717) is 12.2 Å². The third-order valence-electron chi connectivity index (χ3n) is 2.85. The molecule has 6 heteroatoms. The minimum Gasteiger partial charge on any atom is -0.309 e. The minimum atomic E-state index is -0.0841. The van der Waals surface area contributed by atoms with Gasteiger partial charge in [0.2, 0.25) is 5.91 Å². The summed E-state index contributed by atoms with van der Waals surface area (Å²) in [4.78, 5) is 25.9. The maximum absolute atomic E-state index is 12.1. The van der Waals surface area contributed by atoms with Crippen LogP contribution in [0.4, 0.5) is 5.82 Å². The van der Waals surface area contributed by atoms with Crippen LogP contribution >= 0.6 is 11.3 Å². The van der Waals surface area contributed by atoms with Crippen LogP contribution in [-0.2, 0) is 11.2 Å². The number of hydrogen-bond acceptors (Lipinski definition) is 5. The Morgan fingerprint density at radius 1 is 1.30 bits per heavy atom. The number of carbonyl (C=O) groups excluding carboxylic acids is 1. The molecule has 0 spiro atoms. The molecule has 1 N–H and O–H groups in total. The van der Waals surface area contributed by atoms with Crippen molar-refractivity contribution in [2.24, 2.45) is 0 Å². The topological polar surface area (TPSA) is 67.8 Å². The van der Waals surface area contributed by atoms with E-state index in [9.17, 15) is 4.79 Å². The van der Waals surface area contributed by atoms with Gasteiger partial charge in [0, 0.05) is 17.3 Å². The molecule has 1 amide bonds. The molecule has 5 nitrogen and oxygen atoms in total. The molecule has 0 atom stereocenters. The van der Waals surface area contributed by atoms with Crippen LogP contribution in [0.2, 0.25) is 0 Å². The highest BCUT2D eigenvalue weighted by atomic mass is 32.1. The summed E-state index contributed by atoms with van der Waals surface area (Å²) in [5.41, 5.74) is 1.73. The van der Waals surface area contributed by atoms with E-state index in [2.05, 4.69) is 20.3 Å². The van der Waals surface area contributed by atoms with Crippen LogP contribution in [0.25, 0.3) is 0 Å². The van der Waals surface area contributed by atoms with E-state index >= 15 is 0 Å². The standard InChI is InChI=1S/C14H18N4OS/c1-8(2)13-14(16-6-5-15-13)18-12(19)7-11-9(3)17-10(4)20-11/h5-6,8H,7H2,1-4H3,(H,16,18,19). The van der Waals surface area contributed by atoms with Gasteiger partial charge in [-0.3, -0.25) is 9.78 Å². The number of anilines is 1. The Morgan fingerprint density at radius 2 is 2.00 bits per heavy atom. The largest absolute Gasteiger partial charge is 0.309 e. The number of aromatic nitrogens is 3. The van der Waals surface area contributed by atoms with Gasteiger partial charge in [0.05, 0.1) is 22.8 Å². The van der Waals surface area contributed by atoms with Gasteiger partial charge in [-0.2, -0.15) is 0 Å². The zero-order valence-corrected chi connectivity index (χ0v) is 12.9. The Balaban J connectivity index is 2.11. The van der Waals surface area contributed by atoms with E-state index in [1.54, 1.807) is 23.7 Å². The van der Waals surface area contributed by atoms with E-state index in [0.717, 1.165) is 21.3 Å². The van der Waals surface area contributed by atoms with E-state index in [4.69, 9.17) is 0 Å². The number of nitrogens with one attached hydrogen (secondary N) is 1. The molecule has 2 heterocycles. The van der Waals surface area contributed by atoms with Crippen molar-refractivity contribution >= 4 is 23.1 Å². The summed E-state index contributed by atoms with van der Waals surface area (Å²) in [5.74, 6) is 0.678. The van der Waals surface area contributed by atoms with Gasteiger partial charge >= 0.3 is 0 Å². The number of thiazole rings is 1. The Hall–Kier alpha value is -1.82. The third-order valence-corrected chi connectivity index (χ3v) is 3.92. The van der Waals surface area contributed by atoms with Crippen molar-refractivity contribution < 1.29 is 4.79 Å². The monoisotopic (exact) mass is 290 g/mol. The van der Waals surface area contributed by atoms with Crippen LogP contribution in [0.5, 0.6) is 0 Å². The van der Waals surface area contributed by atoms with E-state index in [-0.39, 0.29) is 11.8 Å². The minimum absolute atomic E-state index is 0.0841. The first-order valence-corrected chi connectivity index (χ1v) is 7.32. The van der Waals surface area contributed by atoms with E-state index < -0.39 is 0 Å². The van der Waals surface area contributed by atoms with E-state index in [1.165, 1.54) is 0 Å². The van der Waals surface area contributed by atoms with Crippen molar-refractivity contribution in [3.8, 4) is 0 Å². The van der Waals surface area contributed by atoms with Gasteiger partial charge in [-0.05, 0) is 19.8 Å². The molecule has 0 fully saturated rings. The van der Waals surface area contributed by atoms with Gasteiger partial charge in [-0.25, -0.2) is 9.97 Å². The predicted molar refractivity (Wildman–Crippen MR) is 80.0 cm³/mol. The summed E-state index contributed by atoms with van der Waals surface area (Å²) < 4.78 is 0. The molecule has 2 aromatic heterocycles. The second-order valence-corrected chi connectivity index (χ2v) is 6.20. The molecular weight excluding hydrogens is 272 g/mol. The van der Waals surface area contributed by atoms with Gasteiger partial charge in [0.15, 0.2) is 5.82 Å². The molecule has 0 bridgehead atoms. The lowest BCUT2D eigenvalue weighted by Crippen LogP contribution is -2.17. The SMILES string of the molecule is Cc1nc(C)c(CC(=O)Nc2nccnc2C(C)C)s1. The van der Waals surface area contributed by atoms with Crippen molar-refractivity contribution in [3.05, 3.63) is 33.7 Å². The lowest BCUT2D eigenvalue weighted by Gasteiger charge is -2.10. The fourth-order valence-electron chi connectivity index (χ4n) is 1.93. The fourth-order valence-corrected chi connectivity index (χ4v) is 2.86. The molecule has 0 saturated heterocycles. The summed E-state index contributed by atoms with van der Waals surface area (Å²) in [7, 11) is 0. The molecule has 0 aliphatic carbocycles. The number of amides is 1. The molecule has 0 saturated carbocycles. The highest BCUT2D eigenvalue weighted by molar-refractivity contribution is 7.11. The zero-order chi connectivity index (χ0) is 14.7. The highest BCUT2D eigenvalue weighted by Crippen LogP contribution is 2.21. The van der Waals surface area contributed by atoms with Crippen molar-refractivity contribution in [3.63, 3.8) is 0 Å². The molecule has 106 valence electrons. The lowest BCUT2D eigenvalue weighted by molar-refractivity contribution is -0.115. The summed E-state index contributed by atoms with van der Waals surface area (Å²) in [6.07, 6.45) is 3.55. The number of nitrogens with zero attached hydrogens (tertiary/aromatic N) is 3. The quantitative estimate of drug-likeness (QED) is 0.940. The molecule has 0 unspecified atom stereocenters. The van der Waals surface area contributed by atoms with Crippen LogP contribution in [0, 0.1) is 13.8 Å². The van der Waals surface area contributed by atoms with Crippen LogP contribution in [0.15, 0.2) is 12.4 Å². The Morgan fingerprint density at radius 3 is 2.60 bits per heavy atom. The smallest absolute Gasteiger partial charge is 0.230 e.